The lowest BCUT2D eigenvalue weighted by Gasteiger charge is -2.11. The number of carbonyl (C=O) groups excluding carboxylic acids is 2. The van der Waals surface area contributed by atoms with Crippen molar-refractivity contribution in [2.24, 2.45) is 0 Å². The molecule has 25 heavy (non-hydrogen) atoms. The zero-order valence-corrected chi connectivity index (χ0v) is 14.4. The van der Waals surface area contributed by atoms with Crippen molar-refractivity contribution >= 4 is 34.1 Å². The maximum absolute atomic E-state index is 12.7. The third-order valence-corrected chi connectivity index (χ3v) is 4.02. The zero-order chi connectivity index (χ0) is 18.0. The highest BCUT2D eigenvalue weighted by Crippen LogP contribution is 2.23. The Balaban J connectivity index is 1.88. The van der Waals surface area contributed by atoms with Crippen LogP contribution in [0, 0.1) is 13.8 Å². The van der Waals surface area contributed by atoms with Crippen LogP contribution in [-0.2, 0) is 4.79 Å². The lowest BCUT2D eigenvalue weighted by molar-refractivity contribution is -0.115. The monoisotopic (exact) mass is 336 g/mol. The van der Waals surface area contributed by atoms with E-state index in [2.05, 4.69) is 20.8 Å². The summed E-state index contributed by atoms with van der Waals surface area (Å²) in [5.74, 6) is -0.367. The van der Waals surface area contributed by atoms with Crippen LogP contribution in [0.3, 0.4) is 0 Å². The van der Waals surface area contributed by atoms with Gasteiger partial charge in [0.2, 0.25) is 5.91 Å². The molecule has 2 aromatic carbocycles. The van der Waals surface area contributed by atoms with Crippen molar-refractivity contribution in [2.45, 2.75) is 27.2 Å². The standard InChI is InChI=1S/C19H20N4O2/c1-4-17(24)20-13-7-6-12(3)16(10-13)21-19(25)18-14-9-11(2)5-8-15(14)22-23-18/h5-10H,4H2,1-3H3,(H,20,24)(H,21,25)(H,22,23). The highest BCUT2D eigenvalue weighted by molar-refractivity contribution is 6.11. The van der Waals surface area contributed by atoms with Crippen molar-refractivity contribution in [3.8, 4) is 0 Å². The van der Waals surface area contributed by atoms with Gasteiger partial charge in [0.25, 0.3) is 5.91 Å². The van der Waals surface area contributed by atoms with Gasteiger partial charge in [0.1, 0.15) is 0 Å². The first-order valence-electron chi connectivity index (χ1n) is 8.14. The number of nitrogens with one attached hydrogen (secondary N) is 3. The van der Waals surface area contributed by atoms with Gasteiger partial charge in [0.05, 0.1) is 5.52 Å². The number of aryl methyl sites for hydroxylation is 2. The van der Waals surface area contributed by atoms with Crippen molar-refractivity contribution in [1.29, 1.82) is 0 Å². The van der Waals surface area contributed by atoms with Crippen LogP contribution >= 0.6 is 0 Å². The minimum Gasteiger partial charge on any atom is -0.326 e. The molecule has 1 heterocycles. The first-order chi connectivity index (χ1) is 12.0. The van der Waals surface area contributed by atoms with E-state index in [1.165, 1.54) is 0 Å². The summed E-state index contributed by atoms with van der Waals surface area (Å²) in [6.07, 6.45) is 0.397. The molecule has 0 saturated heterocycles. The van der Waals surface area contributed by atoms with E-state index >= 15 is 0 Å². The van der Waals surface area contributed by atoms with Gasteiger partial charge in [-0.05, 0) is 43.7 Å². The normalized spacial score (nSPS) is 10.7. The molecule has 3 N–H and O–H groups in total. The molecule has 0 bridgehead atoms. The largest absolute Gasteiger partial charge is 0.326 e. The van der Waals surface area contributed by atoms with Crippen molar-refractivity contribution in [1.82, 2.24) is 10.2 Å². The molecule has 0 saturated carbocycles. The van der Waals surface area contributed by atoms with E-state index in [1.54, 1.807) is 13.0 Å². The van der Waals surface area contributed by atoms with Crippen molar-refractivity contribution in [3.63, 3.8) is 0 Å². The Morgan fingerprint density at radius 1 is 1.08 bits per heavy atom. The Bertz CT molecular complexity index is 959. The molecular weight excluding hydrogens is 316 g/mol. The number of H-pyrrole nitrogens is 1. The Morgan fingerprint density at radius 3 is 2.64 bits per heavy atom. The van der Waals surface area contributed by atoms with Gasteiger partial charge >= 0.3 is 0 Å². The number of fused-ring (bicyclic) bond motifs is 1. The van der Waals surface area contributed by atoms with Crippen LogP contribution < -0.4 is 10.6 Å². The molecule has 3 aromatic rings. The number of aromatic nitrogens is 2. The van der Waals surface area contributed by atoms with Crippen LogP contribution in [0.1, 0.15) is 35.0 Å². The highest BCUT2D eigenvalue weighted by Gasteiger charge is 2.15. The van der Waals surface area contributed by atoms with E-state index in [9.17, 15) is 9.59 Å². The van der Waals surface area contributed by atoms with Gasteiger partial charge < -0.3 is 10.6 Å². The highest BCUT2D eigenvalue weighted by atomic mass is 16.2. The summed E-state index contributed by atoms with van der Waals surface area (Å²) in [5.41, 5.74) is 4.41. The smallest absolute Gasteiger partial charge is 0.276 e. The first-order valence-corrected chi connectivity index (χ1v) is 8.14. The second-order valence-corrected chi connectivity index (χ2v) is 6.01. The van der Waals surface area contributed by atoms with E-state index in [1.807, 2.05) is 44.2 Å². The van der Waals surface area contributed by atoms with Crippen LogP contribution in [0.5, 0.6) is 0 Å². The SMILES string of the molecule is CCC(=O)Nc1ccc(C)c(NC(=O)c2n[nH]c3ccc(C)cc23)c1. The molecule has 0 fully saturated rings. The fraction of sp³-hybridized carbons (Fsp3) is 0.211. The topological polar surface area (TPSA) is 86.9 Å². The average molecular weight is 336 g/mol. The van der Waals surface area contributed by atoms with Gasteiger partial charge in [-0.15, -0.1) is 0 Å². The molecule has 128 valence electrons. The molecule has 3 rings (SSSR count). The van der Waals surface area contributed by atoms with Crippen LogP contribution in [0.25, 0.3) is 10.9 Å². The van der Waals surface area contributed by atoms with Crippen LogP contribution in [-0.4, -0.2) is 22.0 Å². The van der Waals surface area contributed by atoms with Gasteiger partial charge in [-0.3, -0.25) is 14.7 Å². The number of anilines is 2. The van der Waals surface area contributed by atoms with Crippen LogP contribution in [0.2, 0.25) is 0 Å². The molecule has 2 amide bonds. The third kappa shape index (κ3) is 3.52. The molecule has 0 atom stereocenters. The summed E-state index contributed by atoms with van der Waals surface area (Å²) in [4.78, 5) is 24.2. The zero-order valence-electron chi connectivity index (χ0n) is 14.4. The van der Waals surface area contributed by atoms with Crippen LogP contribution in [0.15, 0.2) is 36.4 Å². The fourth-order valence-electron chi connectivity index (χ4n) is 2.57. The predicted molar refractivity (Wildman–Crippen MR) is 98.9 cm³/mol. The van der Waals surface area contributed by atoms with E-state index < -0.39 is 0 Å². The number of rotatable bonds is 4. The summed E-state index contributed by atoms with van der Waals surface area (Å²) in [5, 5.41) is 13.5. The Kier molecular flexibility index (Phi) is 4.52. The summed E-state index contributed by atoms with van der Waals surface area (Å²) in [6.45, 7) is 5.66. The number of carbonyl (C=O) groups is 2. The summed E-state index contributed by atoms with van der Waals surface area (Å²) in [6, 6.07) is 11.2. The number of hydrogen-bond donors (Lipinski definition) is 3. The molecule has 6 heteroatoms. The first kappa shape index (κ1) is 16.7. The van der Waals surface area contributed by atoms with E-state index in [0.29, 0.717) is 23.5 Å². The van der Waals surface area contributed by atoms with Gasteiger partial charge in [0, 0.05) is 23.2 Å². The fourth-order valence-corrected chi connectivity index (χ4v) is 2.57. The molecule has 1 aromatic heterocycles. The lowest BCUT2D eigenvalue weighted by Crippen LogP contribution is -2.15. The maximum atomic E-state index is 12.7. The molecule has 0 radical (unpaired) electrons. The predicted octanol–water partition coefficient (Wildman–Crippen LogP) is 3.78. The second-order valence-electron chi connectivity index (χ2n) is 6.01. The van der Waals surface area contributed by atoms with Gasteiger partial charge in [-0.25, -0.2) is 0 Å². The number of benzene rings is 2. The molecular formula is C19H20N4O2. The Labute approximate surface area is 145 Å². The van der Waals surface area contributed by atoms with Gasteiger partial charge in [-0.1, -0.05) is 24.6 Å². The Hall–Kier alpha value is -3.15. The number of hydrogen-bond acceptors (Lipinski definition) is 3. The molecule has 0 aliphatic heterocycles. The molecule has 0 unspecified atom stereocenters. The van der Waals surface area contributed by atoms with Gasteiger partial charge in [0.15, 0.2) is 5.69 Å². The van der Waals surface area contributed by atoms with E-state index in [4.69, 9.17) is 0 Å². The summed E-state index contributed by atoms with van der Waals surface area (Å²) in [7, 11) is 0. The van der Waals surface area contributed by atoms with Gasteiger partial charge in [-0.2, -0.15) is 5.10 Å². The number of aromatic amines is 1. The molecule has 6 nitrogen and oxygen atoms in total. The van der Waals surface area contributed by atoms with Crippen molar-refractivity contribution in [3.05, 3.63) is 53.2 Å². The number of amides is 2. The summed E-state index contributed by atoms with van der Waals surface area (Å²) >= 11 is 0. The molecule has 0 spiro atoms. The van der Waals surface area contributed by atoms with E-state index in [0.717, 1.165) is 22.0 Å². The minimum absolute atomic E-state index is 0.0742. The lowest BCUT2D eigenvalue weighted by atomic mass is 10.1. The van der Waals surface area contributed by atoms with E-state index in [-0.39, 0.29) is 11.8 Å². The minimum atomic E-state index is -0.293. The third-order valence-electron chi connectivity index (χ3n) is 4.02. The van der Waals surface area contributed by atoms with Crippen LogP contribution in [0.4, 0.5) is 11.4 Å². The quantitative estimate of drug-likeness (QED) is 0.677. The molecule has 0 aliphatic carbocycles. The maximum Gasteiger partial charge on any atom is 0.276 e. The number of nitrogens with zero attached hydrogens (tertiary/aromatic N) is 1. The Morgan fingerprint density at radius 2 is 1.88 bits per heavy atom. The van der Waals surface area contributed by atoms with Crippen molar-refractivity contribution in [2.75, 3.05) is 10.6 Å². The molecule has 0 aliphatic rings. The second kappa shape index (κ2) is 6.76. The van der Waals surface area contributed by atoms with Crippen molar-refractivity contribution < 1.29 is 9.59 Å². The summed E-state index contributed by atoms with van der Waals surface area (Å²) < 4.78 is 0. The average Bonchev–Trinajstić information content (AvgIpc) is 3.00.